The number of anilines is 1. The van der Waals surface area contributed by atoms with E-state index in [1.165, 1.54) is 35.2 Å². The van der Waals surface area contributed by atoms with Crippen molar-refractivity contribution in [1.82, 2.24) is 24.6 Å². The van der Waals surface area contributed by atoms with Gasteiger partial charge in [0, 0.05) is 45.8 Å². The molecule has 130 valence electrons. The monoisotopic (exact) mass is 347 g/mol. The van der Waals surface area contributed by atoms with Crippen molar-refractivity contribution >= 4 is 11.7 Å². The molecule has 0 saturated carbocycles. The summed E-state index contributed by atoms with van der Waals surface area (Å²) in [5, 5.41) is 12.7. The molecule has 0 radical (unpaired) electrons. The van der Waals surface area contributed by atoms with Crippen LogP contribution < -0.4 is 4.90 Å². The van der Waals surface area contributed by atoms with Crippen LogP contribution in [0.15, 0.2) is 18.6 Å². The van der Waals surface area contributed by atoms with Crippen molar-refractivity contribution in [1.29, 1.82) is 5.26 Å². The smallest absolute Gasteiger partial charge is 0.282 e. The summed E-state index contributed by atoms with van der Waals surface area (Å²) in [4.78, 5) is 23.8. The van der Waals surface area contributed by atoms with E-state index in [0.717, 1.165) is 0 Å². The molecule has 0 N–H and O–H groups in total. The minimum atomic E-state index is -2.82. The second-order valence-electron chi connectivity index (χ2n) is 5.72. The van der Waals surface area contributed by atoms with Gasteiger partial charge in [-0.1, -0.05) is 0 Å². The van der Waals surface area contributed by atoms with Gasteiger partial charge in [0.15, 0.2) is 11.5 Å². The van der Waals surface area contributed by atoms with Crippen LogP contribution in [0.4, 0.5) is 14.6 Å². The summed E-state index contributed by atoms with van der Waals surface area (Å²) in [7, 11) is 3.06. The highest BCUT2D eigenvalue weighted by molar-refractivity contribution is 5.95. The van der Waals surface area contributed by atoms with E-state index < -0.39 is 18.0 Å². The number of aryl methyl sites for hydroxylation is 1. The molecule has 1 saturated heterocycles. The molecule has 1 fully saturated rings. The molecule has 1 aliphatic heterocycles. The third-order valence-electron chi connectivity index (χ3n) is 4.11. The third-order valence-corrected chi connectivity index (χ3v) is 4.11. The number of hydrogen-bond donors (Lipinski definition) is 0. The molecule has 3 heterocycles. The van der Waals surface area contributed by atoms with Crippen LogP contribution >= 0.6 is 0 Å². The van der Waals surface area contributed by atoms with Crippen LogP contribution in [0.3, 0.4) is 0 Å². The Hall–Kier alpha value is -3.09. The van der Waals surface area contributed by atoms with Crippen LogP contribution in [-0.2, 0) is 7.05 Å². The Morgan fingerprint density at radius 3 is 2.72 bits per heavy atom. The molecular formula is C15H15F2N7O. The van der Waals surface area contributed by atoms with Crippen LogP contribution in [0.2, 0.25) is 0 Å². The Balaban J connectivity index is 1.71. The molecule has 3 rings (SSSR count). The second-order valence-corrected chi connectivity index (χ2v) is 5.72. The number of halogens is 2. The minimum absolute atomic E-state index is 0.101. The third kappa shape index (κ3) is 3.00. The lowest BCUT2D eigenvalue weighted by atomic mass is 10.1. The Bertz CT molecular complexity index is 839. The lowest BCUT2D eigenvalue weighted by Gasteiger charge is -2.44. The van der Waals surface area contributed by atoms with Crippen molar-refractivity contribution in [2.24, 2.45) is 7.05 Å². The standard InChI is InChI=1S/C15H15F2N7O/c1-22-8-10(12(21-22)13(16)17)15(25)23(2)9-6-24(7-9)14-11(5-18)19-3-4-20-14/h3-4,8-9,13H,6-7H2,1-2H3. The van der Waals surface area contributed by atoms with Gasteiger partial charge in [0.05, 0.1) is 11.6 Å². The summed E-state index contributed by atoms with van der Waals surface area (Å²) in [6, 6.07) is 1.80. The Kier molecular flexibility index (Phi) is 4.31. The zero-order valence-corrected chi connectivity index (χ0v) is 13.6. The van der Waals surface area contributed by atoms with Crippen LogP contribution in [0, 0.1) is 11.3 Å². The average Bonchev–Trinajstić information content (AvgIpc) is 2.95. The number of alkyl halides is 2. The normalized spacial score (nSPS) is 14.3. The number of amides is 1. The van der Waals surface area contributed by atoms with Crippen molar-refractivity contribution in [2.75, 3.05) is 25.0 Å². The second kappa shape index (κ2) is 6.43. The minimum Gasteiger partial charge on any atom is -0.350 e. The van der Waals surface area contributed by atoms with Crippen LogP contribution in [0.25, 0.3) is 0 Å². The molecule has 1 aliphatic rings. The Morgan fingerprint density at radius 2 is 2.08 bits per heavy atom. The summed E-state index contributed by atoms with van der Waals surface area (Å²) in [6.45, 7) is 0.889. The highest BCUT2D eigenvalue weighted by atomic mass is 19.3. The van der Waals surface area contributed by atoms with Gasteiger partial charge in [-0.15, -0.1) is 0 Å². The zero-order chi connectivity index (χ0) is 18.1. The Morgan fingerprint density at radius 1 is 1.40 bits per heavy atom. The van der Waals surface area contributed by atoms with Gasteiger partial charge >= 0.3 is 0 Å². The van der Waals surface area contributed by atoms with Crippen molar-refractivity contribution < 1.29 is 13.6 Å². The maximum Gasteiger partial charge on any atom is 0.282 e. The topological polar surface area (TPSA) is 90.9 Å². The molecule has 0 bridgehead atoms. The number of carbonyl (C=O) groups is 1. The molecule has 0 unspecified atom stereocenters. The number of rotatable bonds is 4. The largest absolute Gasteiger partial charge is 0.350 e. The number of aromatic nitrogens is 4. The molecule has 0 spiro atoms. The van der Waals surface area contributed by atoms with Gasteiger partial charge in [-0.05, 0) is 0 Å². The summed E-state index contributed by atoms with van der Waals surface area (Å²) in [5.74, 6) is -0.0514. The van der Waals surface area contributed by atoms with E-state index in [2.05, 4.69) is 15.1 Å². The predicted octanol–water partition coefficient (Wildman–Crippen LogP) is 0.980. The zero-order valence-electron chi connectivity index (χ0n) is 13.6. The highest BCUT2D eigenvalue weighted by Crippen LogP contribution is 2.26. The summed E-state index contributed by atoms with van der Waals surface area (Å²) < 4.78 is 27.3. The van der Waals surface area contributed by atoms with E-state index in [9.17, 15) is 13.6 Å². The van der Waals surface area contributed by atoms with Gasteiger partial charge in [-0.25, -0.2) is 18.7 Å². The van der Waals surface area contributed by atoms with Gasteiger partial charge in [0.2, 0.25) is 0 Å². The molecule has 0 aliphatic carbocycles. The average molecular weight is 347 g/mol. The van der Waals surface area contributed by atoms with Gasteiger partial charge in [-0.3, -0.25) is 9.48 Å². The summed E-state index contributed by atoms with van der Waals surface area (Å²) >= 11 is 0. The van der Waals surface area contributed by atoms with E-state index in [4.69, 9.17) is 5.26 Å². The number of nitriles is 1. The first-order valence-corrected chi connectivity index (χ1v) is 7.47. The molecule has 0 atom stereocenters. The van der Waals surface area contributed by atoms with Crippen molar-refractivity contribution in [2.45, 2.75) is 12.5 Å². The first-order valence-electron chi connectivity index (χ1n) is 7.47. The highest BCUT2D eigenvalue weighted by Gasteiger charge is 2.36. The SMILES string of the molecule is CN(C(=O)c1cn(C)nc1C(F)F)C1CN(c2nccnc2C#N)C1. The molecule has 2 aromatic rings. The Labute approximate surface area is 142 Å². The van der Waals surface area contributed by atoms with E-state index in [0.29, 0.717) is 18.9 Å². The number of carbonyl (C=O) groups excluding carboxylic acids is 1. The first-order chi connectivity index (χ1) is 11.9. The van der Waals surface area contributed by atoms with Crippen molar-refractivity contribution in [3.63, 3.8) is 0 Å². The summed E-state index contributed by atoms with van der Waals surface area (Å²) in [6.07, 6.45) is 1.41. The summed E-state index contributed by atoms with van der Waals surface area (Å²) in [5.41, 5.74) is -0.408. The molecule has 0 aromatic carbocycles. The maximum atomic E-state index is 13.0. The number of nitrogens with zero attached hydrogens (tertiary/aromatic N) is 7. The van der Waals surface area contributed by atoms with Crippen LogP contribution in [-0.4, -0.2) is 56.7 Å². The predicted molar refractivity (Wildman–Crippen MR) is 83.0 cm³/mol. The van der Waals surface area contributed by atoms with E-state index in [1.807, 2.05) is 11.0 Å². The molecule has 8 nitrogen and oxygen atoms in total. The van der Waals surface area contributed by atoms with Crippen LogP contribution in [0.1, 0.15) is 28.2 Å². The molecule has 1 amide bonds. The van der Waals surface area contributed by atoms with E-state index in [-0.39, 0.29) is 17.3 Å². The van der Waals surface area contributed by atoms with Gasteiger partial charge in [0.25, 0.3) is 12.3 Å². The molecular weight excluding hydrogens is 332 g/mol. The fourth-order valence-electron chi connectivity index (χ4n) is 2.70. The van der Waals surface area contributed by atoms with Gasteiger partial charge < -0.3 is 9.80 Å². The van der Waals surface area contributed by atoms with Gasteiger partial charge in [-0.2, -0.15) is 10.4 Å². The van der Waals surface area contributed by atoms with E-state index in [1.54, 1.807) is 7.05 Å². The van der Waals surface area contributed by atoms with E-state index >= 15 is 0 Å². The molecule has 2 aromatic heterocycles. The molecule has 25 heavy (non-hydrogen) atoms. The maximum absolute atomic E-state index is 13.0. The van der Waals surface area contributed by atoms with Crippen molar-refractivity contribution in [3.05, 3.63) is 35.5 Å². The number of hydrogen-bond acceptors (Lipinski definition) is 6. The lowest BCUT2D eigenvalue weighted by molar-refractivity contribution is 0.0693. The quantitative estimate of drug-likeness (QED) is 0.819. The molecule has 10 heteroatoms. The fraction of sp³-hybridized carbons (Fsp3) is 0.400. The number of likely N-dealkylation sites (N-methyl/N-ethyl adjacent to an activating group) is 1. The van der Waals surface area contributed by atoms with Crippen molar-refractivity contribution in [3.8, 4) is 6.07 Å². The van der Waals surface area contributed by atoms with Gasteiger partial charge in [0.1, 0.15) is 11.8 Å². The fourth-order valence-corrected chi connectivity index (χ4v) is 2.70. The first kappa shape index (κ1) is 16.8. The van der Waals surface area contributed by atoms with Crippen LogP contribution in [0.5, 0.6) is 0 Å². The lowest BCUT2D eigenvalue weighted by Crippen LogP contribution is -2.60.